The van der Waals surface area contributed by atoms with Crippen molar-refractivity contribution < 1.29 is 42.1 Å². The van der Waals surface area contributed by atoms with E-state index in [9.17, 15) is 19.0 Å². The summed E-state index contributed by atoms with van der Waals surface area (Å²) in [6.45, 7) is 4.04. The molecule has 0 aliphatic heterocycles. The Labute approximate surface area is 617 Å². The van der Waals surface area contributed by atoms with Crippen LogP contribution in [0.3, 0.4) is 0 Å². The maximum atomic E-state index is 12.9. The number of hydrogen-bond acceptors (Lipinski definition) is 8. The van der Waals surface area contributed by atoms with Gasteiger partial charge in [-0.25, -0.2) is 0 Å². The highest BCUT2D eigenvalue weighted by Gasteiger charge is 2.22. The zero-order valence-electron chi connectivity index (χ0n) is 65.3. The first-order valence-electron chi connectivity index (χ1n) is 41.2. The summed E-state index contributed by atoms with van der Waals surface area (Å²) in [4.78, 5) is 38.2. The van der Waals surface area contributed by atoms with Gasteiger partial charge in [0.2, 0.25) is 0 Å². The molecule has 0 heterocycles. The number of phosphoric acid groups is 1. The van der Waals surface area contributed by atoms with Crippen LogP contribution in [0.2, 0.25) is 0 Å². The van der Waals surface area contributed by atoms with Gasteiger partial charge in [0, 0.05) is 12.8 Å². The van der Waals surface area contributed by atoms with Gasteiger partial charge in [0.05, 0.1) is 27.7 Å². The van der Waals surface area contributed by atoms with Gasteiger partial charge in [-0.3, -0.25) is 14.2 Å². The summed E-state index contributed by atoms with van der Waals surface area (Å²) >= 11 is 0. The zero-order valence-corrected chi connectivity index (χ0v) is 66.2. The molecule has 0 aromatic heterocycles. The Morgan fingerprint density at radius 2 is 0.540 bits per heavy atom. The molecular weight excluding hydrogens is 1250 g/mol. The van der Waals surface area contributed by atoms with Crippen molar-refractivity contribution in [1.82, 2.24) is 0 Å². The van der Waals surface area contributed by atoms with Crippen molar-refractivity contribution >= 4 is 19.8 Å². The summed E-state index contributed by atoms with van der Waals surface area (Å²) in [7, 11) is 1.17. The molecule has 0 saturated carbocycles. The fourth-order valence-corrected chi connectivity index (χ4v) is 12.1. The topological polar surface area (TPSA) is 111 Å². The fourth-order valence-electron chi connectivity index (χ4n) is 11.4. The third-order valence-electron chi connectivity index (χ3n) is 17.5. The maximum Gasteiger partial charge on any atom is 0.306 e. The number of ether oxygens (including phenoxy) is 2. The molecule has 0 spiro atoms. The Balaban J connectivity index is 3.96. The third-order valence-corrected chi connectivity index (χ3v) is 18.5. The minimum Gasteiger partial charge on any atom is -0.756 e. The first kappa shape index (κ1) is 95.6. The number of quaternary nitrogens is 1. The number of nitrogens with zero attached hydrogens (tertiary/aromatic N) is 1. The average molecular weight is 1410 g/mol. The molecule has 0 rings (SSSR count). The predicted octanol–water partition coefficient (Wildman–Crippen LogP) is 27.2. The molecule has 0 amide bonds. The Hall–Kier alpha value is -4.37. The second-order valence-electron chi connectivity index (χ2n) is 28.4. The Morgan fingerprint density at radius 3 is 0.800 bits per heavy atom. The van der Waals surface area contributed by atoms with Crippen LogP contribution in [0.5, 0.6) is 0 Å². The highest BCUT2D eigenvalue weighted by atomic mass is 31.2. The Bertz CT molecular complexity index is 2250. The summed E-state index contributed by atoms with van der Waals surface area (Å²) in [6.07, 6.45) is 118. The number of carbonyl (C=O) groups is 2. The number of likely N-dealkylation sites (N-methyl/N-ethyl adjacent to an activating group) is 1. The number of rotatable bonds is 75. The molecule has 0 aromatic carbocycles. The van der Waals surface area contributed by atoms with E-state index in [0.29, 0.717) is 17.4 Å². The third kappa shape index (κ3) is 82.6. The van der Waals surface area contributed by atoms with Crippen LogP contribution in [0.15, 0.2) is 158 Å². The maximum absolute atomic E-state index is 12.9. The molecule has 100 heavy (non-hydrogen) atoms. The SMILES string of the molecule is CC/C=C\C/C=C\C/C=C\C/C=C\C/C=C\C/C=C\C/C=C\CCCCCCCCCCCCCCCCCCCC(=O)OC(COC(=O)CCCCCCCCCCCCCCCCCCCC/C=C\C/C=C\C/C=C\C/C=C\C/C=C\C/C=C\CC)COP(=O)([O-])OCC[N+](C)(C)C. The summed E-state index contributed by atoms with van der Waals surface area (Å²) < 4.78 is 34.4. The lowest BCUT2D eigenvalue weighted by molar-refractivity contribution is -0.870. The molecule has 0 aliphatic rings. The smallest absolute Gasteiger partial charge is 0.306 e. The number of carbonyl (C=O) groups excluding carboxylic acids is 2. The van der Waals surface area contributed by atoms with Crippen LogP contribution < -0.4 is 4.89 Å². The number of unbranched alkanes of at least 4 members (excludes halogenated alkanes) is 35. The molecule has 0 aromatic rings. The van der Waals surface area contributed by atoms with E-state index in [4.69, 9.17) is 18.5 Å². The first-order chi connectivity index (χ1) is 49.0. The van der Waals surface area contributed by atoms with Crippen molar-refractivity contribution in [2.45, 2.75) is 354 Å². The minimum atomic E-state index is -4.65. The van der Waals surface area contributed by atoms with Gasteiger partial charge in [0.15, 0.2) is 6.10 Å². The van der Waals surface area contributed by atoms with Crippen LogP contribution in [0, 0.1) is 0 Å². The second kappa shape index (κ2) is 78.8. The molecule has 0 bridgehead atoms. The molecular formula is C90H154NO8P. The van der Waals surface area contributed by atoms with E-state index in [0.717, 1.165) is 122 Å². The van der Waals surface area contributed by atoms with E-state index in [1.54, 1.807) is 0 Å². The second-order valence-corrected chi connectivity index (χ2v) is 29.8. The van der Waals surface area contributed by atoms with Crippen LogP contribution in [0.4, 0.5) is 0 Å². The molecule has 0 fully saturated rings. The zero-order chi connectivity index (χ0) is 72.5. The standard InChI is InChI=1S/C90H154NO8P/c1-6-8-10-12-14-16-18-20-22-24-26-28-30-32-34-36-38-40-42-44-45-47-49-51-53-55-57-59-61-63-65-67-69-71-73-75-77-79-81-83-90(93)99-88(87-98-100(94,95)97-85-84-91(3,4)5)86-96-89(92)82-80-78-76-74-72-70-68-66-64-62-60-58-56-54-52-50-48-46-43-41-39-37-35-33-31-29-27-25-23-21-19-17-15-13-11-9-7-2/h8-11,14-17,20-23,26-29,32-35,38-41,44-45,88H,6-7,12-13,18-19,24-25,30-31,36-37,42-43,46-87H2,1-5H3/b10-8-,11-9-,16-14-,17-15-,22-20-,23-21-,28-26-,29-27-,34-32-,35-33-,40-38-,41-39-,45-44-. The van der Waals surface area contributed by atoms with E-state index >= 15 is 0 Å². The number of allylic oxidation sites excluding steroid dienone is 26. The Kier molecular flexibility index (Phi) is 75.3. The summed E-state index contributed by atoms with van der Waals surface area (Å²) in [6, 6.07) is 0. The quantitative estimate of drug-likeness (QED) is 0.0195. The van der Waals surface area contributed by atoms with E-state index < -0.39 is 26.5 Å². The number of phosphoric ester groups is 1. The largest absolute Gasteiger partial charge is 0.756 e. The van der Waals surface area contributed by atoms with Gasteiger partial charge < -0.3 is 27.9 Å². The number of esters is 2. The van der Waals surface area contributed by atoms with Gasteiger partial charge in [0.25, 0.3) is 7.82 Å². The van der Waals surface area contributed by atoms with Crippen molar-refractivity contribution in [3.05, 3.63) is 158 Å². The lowest BCUT2D eigenvalue weighted by atomic mass is 10.0. The normalized spacial score (nSPS) is 13.9. The summed E-state index contributed by atoms with van der Waals surface area (Å²) in [5, 5.41) is 0. The summed E-state index contributed by atoms with van der Waals surface area (Å²) in [5.41, 5.74) is 0. The molecule has 2 atom stereocenters. The highest BCUT2D eigenvalue weighted by Crippen LogP contribution is 2.38. The highest BCUT2D eigenvalue weighted by molar-refractivity contribution is 7.45. The van der Waals surface area contributed by atoms with Crippen LogP contribution in [0.25, 0.3) is 0 Å². The first-order valence-corrected chi connectivity index (χ1v) is 42.7. The molecule has 0 saturated heterocycles. The van der Waals surface area contributed by atoms with E-state index in [2.05, 4.69) is 172 Å². The molecule has 9 nitrogen and oxygen atoms in total. The van der Waals surface area contributed by atoms with Crippen LogP contribution in [-0.2, 0) is 32.7 Å². The average Bonchev–Trinajstić information content (AvgIpc) is 1.07. The molecule has 0 radical (unpaired) electrons. The van der Waals surface area contributed by atoms with Crippen LogP contribution >= 0.6 is 7.82 Å². The fraction of sp³-hybridized carbons (Fsp3) is 0.689. The molecule has 0 N–H and O–H groups in total. The van der Waals surface area contributed by atoms with Crippen LogP contribution in [-0.4, -0.2) is 70.0 Å². The van der Waals surface area contributed by atoms with Gasteiger partial charge in [0.1, 0.15) is 19.8 Å². The van der Waals surface area contributed by atoms with Gasteiger partial charge in [-0.2, -0.15) is 0 Å². The van der Waals surface area contributed by atoms with Gasteiger partial charge in [-0.05, 0) is 122 Å². The lowest BCUT2D eigenvalue weighted by Crippen LogP contribution is -2.37. The number of hydrogen-bond donors (Lipinski definition) is 0. The monoisotopic (exact) mass is 1410 g/mol. The van der Waals surface area contributed by atoms with E-state index in [-0.39, 0.29) is 32.0 Å². The van der Waals surface area contributed by atoms with E-state index in [1.807, 2.05) is 21.1 Å². The lowest BCUT2D eigenvalue weighted by Gasteiger charge is -2.28. The van der Waals surface area contributed by atoms with Crippen molar-refractivity contribution in [1.29, 1.82) is 0 Å². The molecule has 572 valence electrons. The van der Waals surface area contributed by atoms with Crippen molar-refractivity contribution in [2.75, 3.05) is 47.5 Å². The Morgan fingerprint density at radius 1 is 0.310 bits per heavy atom. The molecule has 10 heteroatoms. The summed E-state index contributed by atoms with van der Waals surface area (Å²) in [5.74, 6) is -0.825. The van der Waals surface area contributed by atoms with Crippen molar-refractivity contribution in [2.24, 2.45) is 0 Å². The molecule has 0 aliphatic carbocycles. The van der Waals surface area contributed by atoms with Gasteiger partial charge >= 0.3 is 11.9 Å². The predicted molar refractivity (Wildman–Crippen MR) is 434 cm³/mol. The van der Waals surface area contributed by atoms with Gasteiger partial charge in [-0.1, -0.05) is 371 Å². The van der Waals surface area contributed by atoms with Crippen molar-refractivity contribution in [3.8, 4) is 0 Å². The van der Waals surface area contributed by atoms with Gasteiger partial charge in [-0.15, -0.1) is 0 Å². The van der Waals surface area contributed by atoms with E-state index in [1.165, 1.54) is 193 Å². The van der Waals surface area contributed by atoms with Crippen LogP contribution in [0.1, 0.15) is 348 Å². The van der Waals surface area contributed by atoms with Crippen molar-refractivity contribution in [3.63, 3.8) is 0 Å². The molecule has 2 unspecified atom stereocenters. The minimum absolute atomic E-state index is 0.0343.